The summed E-state index contributed by atoms with van der Waals surface area (Å²) in [5.41, 5.74) is 0. The second kappa shape index (κ2) is 10.9. The Hall–Kier alpha value is 0.0700. The maximum Gasteiger partial charge on any atom is 0.262 e. The van der Waals surface area contributed by atoms with Crippen molar-refractivity contribution >= 4 is 7.82 Å². The van der Waals surface area contributed by atoms with Crippen LogP contribution in [0.25, 0.3) is 0 Å². The van der Waals surface area contributed by atoms with Crippen molar-refractivity contribution < 1.29 is 23.7 Å². The predicted molar refractivity (Wildman–Crippen MR) is 72.9 cm³/mol. The van der Waals surface area contributed by atoms with Crippen LogP contribution < -0.4 is 4.89 Å². The van der Waals surface area contributed by atoms with Crippen LogP contribution in [-0.4, -0.2) is 41.5 Å². The lowest BCUT2D eigenvalue weighted by atomic mass is 10.1. The molecule has 0 aromatic heterocycles. The number of nitrogens with zero attached hydrogens (tertiary/aromatic N) is 1. The third-order valence-corrected chi connectivity index (χ3v) is 2.97. The molecule has 0 atom stereocenters. The van der Waals surface area contributed by atoms with Gasteiger partial charge in [0.2, 0.25) is 0 Å². The fourth-order valence-corrected chi connectivity index (χ4v) is 1.48. The van der Waals surface area contributed by atoms with E-state index in [2.05, 4.69) is 27.9 Å². The summed E-state index contributed by atoms with van der Waals surface area (Å²) >= 11 is 0. The number of unbranched alkanes of at least 4 members (excludes halogenated alkanes) is 5. The van der Waals surface area contributed by atoms with Gasteiger partial charge >= 0.3 is 0 Å². The van der Waals surface area contributed by atoms with Crippen molar-refractivity contribution in [2.75, 3.05) is 27.2 Å². The van der Waals surface area contributed by atoms with Gasteiger partial charge in [-0.2, -0.15) is 0 Å². The van der Waals surface area contributed by atoms with E-state index in [4.69, 9.17) is 19.2 Å². The van der Waals surface area contributed by atoms with Gasteiger partial charge in [-0.05, 0) is 19.8 Å². The van der Waals surface area contributed by atoms with Gasteiger partial charge in [-0.25, -0.2) is 0 Å². The lowest BCUT2D eigenvalue weighted by molar-refractivity contribution is -0.888. The SMILES string of the molecule is CCCCCCCC[N+](C)(C)CC.O=P([O-])(O)O. The molecule has 0 aromatic carbocycles. The first-order chi connectivity index (χ1) is 8.12. The van der Waals surface area contributed by atoms with Gasteiger partial charge in [-0.3, -0.25) is 4.57 Å². The summed E-state index contributed by atoms with van der Waals surface area (Å²) in [5, 5.41) is 0. The third-order valence-electron chi connectivity index (χ3n) is 2.97. The first-order valence-electron chi connectivity index (χ1n) is 6.71. The monoisotopic (exact) mass is 283 g/mol. The second-order valence-corrected chi connectivity index (χ2v) is 6.22. The van der Waals surface area contributed by atoms with E-state index in [1.165, 1.54) is 56.1 Å². The van der Waals surface area contributed by atoms with Crippen molar-refractivity contribution in [1.82, 2.24) is 0 Å². The van der Waals surface area contributed by atoms with E-state index in [1.54, 1.807) is 0 Å². The molecule has 0 unspecified atom stereocenters. The van der Waals surface area contributed by atoms with Crippen LogP contribution in [0.2, 0.25) is 0 Å². The molecule has 0 aliphatic heterocycles. The van der Waals surface area contributed by atoms with Gasteiger partial charge < -0.3 is 19.2 Å². The van der Waals surface area contributed by atoms with Gasteiger partial charge in [-0.1, -0.05) is 32.6 Å². The molecule has 0 amide bonds. The van der Waals surface area contributed by atoms with Crippen molar-refractivity contribution in [2.45, 2.75) is 52.4 Å². The van der Waals surface area contributed by atoms with Crippen LogP contribution >= 0.6 is 7.82 Å². The Balaban J connectivity index is 0. The summed E-state index contributed by atoms with van der Waals surface area (Å²) in [7, 11) is -0.238. The normalized spacial score (nSPS) is 11.9. The molecule has 0 heterocycles. The largest absolute Gasteiger partial charge is 0.756 e. The molecule has 112 valence electrons. The molecule has 0 fully saturated rings. The second-order valence-electron chi connectivity index (χ2n) is 5.23. The molecule has 2 N–H and O–H groups in total. The molecular formula is C12H30NO4P. The number of rotatable bonds is 8. The zero-order valence-corrected chi connectivity index (χ0v) is 13.2. The van der Waals surface area contributed by atoms with E-state index in [1.807, 2.05) is 0 Å². The molecule has 18 heavy (non-hydrogen) atoms. The first-order valence-corrected chi connectivity index (χ1v) is 8.24. The lowest BCUT2D eigenvalue weighted by Gasteiger charge is -2.28. The summed E-state index contributed by atoms with van der Waals surface area (Å²) in [6, 6.07) is 0. The molecule has 0 radical (unpaired) electrons. The van der Waals surface area contributed by atoms with Crippen molar-refractivity contribution in [3.63, 3.8) is 0 Å². The van der Waals surface area contributed by atoms with E-state index < -0.39 is 7.82 Å². The molecular weight excluding hydrogens is 253 g/mol. The fraction of sp³-hybridized carbons (Fsp3) is 1.00. The van der Waals surface area contributed by atoms with Crippen LogP contribution in [-0.2, 0) is 4.57 Å². The Bertz CT molecular complexity index is 220. The molecule has 0 spiro atoms. The molecule has 0 bridgehead atoms. The Kier molecular flexibility index (Phi) is 12.4. The lowest BCUT2D eigenvalue weighted by Crippen LogP contribution is -2.39. The Morgan fingerprint density at radius 3 is 1.78 bits per heavy atom. The highest BCUT2D eigenvalue weighted by Crippen LogP contribution is 2.18. The van der Waals surface area contributed by atoms with Gasteiger partial charge in [0.05, 0.1) is 27.2 Å². The quantitative estimate of drug-likeness (QED) is 0.405. The molecule has 0 saturated carbocycles. The topological polar surface area (TPSA) is 80.6 Å². The number of hydrogen-bond donors (Lipinski definition) is 2. The minimum absolute atomic E-state index is 1.19. The Morgan fingerprint density at radius 2 is 1.39 bits per heavy atom. The summed E-state index contributed by atoms with van der Waals surface area (Å²) in [5.74, 6) is 0. The van der Waals surface area contributed by atoms with Gasteiger partial charge in [-0.15, -0.1) is 0 Å². The third kappa shape index (κ3) is 25.1. The van der Waals surface area contributed by atoms with E-state index in [9.17, 15) is 0 Å². The van der Waals surface area contributed by atoms with E-state index in [0.717, 1.165) is 0 Å². The van der Waals surface area contributed by atoms with E-state index in [-0.39, 0.29) is 0 Å². The van der Waals surface area contributed by atoms with Crippen molar-refractivity contribution in [3.05, 3.63) is 0 Å². The molecule has 0 aliphatic rings. The van der Waals surface area contributed by atoms with Crippen molar-refractivity contribution in [3.8, 4) is 0 Å². The van der Waals surface area contributed by atoms with Crippen molar-refractivity contribution in [2.24, 2.45) is 0 Å². The fourth-order valence-electron chi connectivity index (χ4n) is 1.48. The van der Waals surface area contributed by atoms with E-state index in [0.29, 0.717) is 0 Å². The molecule has 0 aliphatic carbocycles. The van der Waals surface area contributed by atoms with Gasteiger partial charge in [0.15, 0.2) is 0 Å². The maximum absolute atomic E-state index is 8.77. The number of hydrogen-bond acceptors (Lipinski definition) is 2. The van der Waals surface area contributed by atoms with Gasteiger partial charge in [0.25, 0.3) is 7.82 Å². The average molecular weight is 283 g/mol. The summed E-state index contributed by atoms with van der Waals surface area (Å²) < 4.78 is 9.96. The highest BCUT2D eigenvalue weighted by atomic mass is 31.2. The summed E-state index contributed by atoms with van der Waals surface area (Å²) in [4.78, 5) is 22.9. The Labute approximate surface area is 112 Å². The summed E-state index contributed by atoms with van der Waals surface area (Å²) in [6.45, 7) is 7.16. The predicted octanol–water partition coefficient (Wildman–Crippen LogP) is 1.88. The maximum atomic E-state index is 8.77. The first kappa shape index (κ1) is 20.4. The van der Waals surface area contributed by atoms with E-state index >= 15 is 0 Å². The molecule has 5 nitrogen and oxygen atoms in total. The molecule has 0 rings (SSSR count). The van der Waals surface area contributed by atoms with Crippen LogP contribution in [0.4, 0.5) is 0 Å². The van der Waals surface area contributed by atoms with Crippen LogP contribution in [0.3, 0.4) is 0 Å². The Morgan fingerprint density at radius 1 is 1.00 bits per heavy atom. The van der Waals surface area contributed by atoms with Crippen LogP contribution in [0.1, 0.15) is 52.4 Å². The highest BCUT2D eigenvalue weighted by molar-refractivity contribution is 7.43. The smallest absolute Gasteiger partial charge is 0.262 e. The van der Waals surface area contributed by atoms with Crippen LogP contribution in [0.15, 0.2) is 0 Å². The standard InChI is InChI=1S/C12H28N.H3O4P/c1-5-7-8-9-10-11-12-13(3,4)6-2;1-5(2,3)4/h5-12H2,1-4H3;(H3,1,2,3,4)/q+1;/p-1. The van der Waals surface area contributed by atoms with Gasteiger partial charge in [0, 0.05) is 0 Å². The average Bonchev–Trinajstić information content (AvgIpc) is 2.21. The zero-order valence-electron chi connectivity index (χ0n) is 12.3. The van der Waals surface area contributed by atoms with Crippen molar-refractivity contribution in [1.29, 1.82) is 0 Å². The molecule has 6 heteroatoms. The van der Waals surface area contributed by atoms with Crippen LogP contribution in [0.5, 0.6) is 0 Å². The van der Waals surface area contributed by atoms with Crippen LogP contribution in [0, 0.1) is 0 Å². The molecule has 0 aromatic rings. The minimum atomic E-state index is -4.89. The zero-order chi connectivity index (χ0) is 14.7. The number of quaternary nitrogens is 1. The minimum Gasteiger partial charge on any atom is -0.756 e. The molecule has 0 saturated heterocycles. The summed E-state index contributed by atoms with van der Waals surface area (Å²) in [6.07, 6.45) is 8.50. The highest BCUT2D eigenvalue weighted by Gasteiger charge is 2.09. The van der Waals surface area contributed by atoms with Gasteiger partial charge in [0.1, 0.15) is 0 Å². The number of phosphoric acid groups is 1.